The molecule has 0 aliphatic heterocycles. The van der Waals surface area contributed by atoms with Crippen LogP contribution in [0.2, 0.25) is 12.1 Å². The van der Waals surface area contributed by atoms with Crippen LogP contribution in [0.25, 0.3) is 0 Å². The second-order valence-corrected chi connectivity index (χ2v) is 10.8. The number of hydrogen-bond donors (Lipinski definition) is 0. The molecule has 0 heterocycles. The summed E-state index contributed by atoms with van der Waals surface area (Å²) < 4.78 is 12.9. The maximum Gasteiger partial charge on any atom is 0.398 e. The zero-order valence-electron chi connectivity index (χ0n) is 16.6. The molecule has 0 bridgehead atoms. The van der Waals surface area contributed by atoms with Crippen molar-refractivity contribution in [2.45, 2.75) is 91.1 Å². The van der Waals surface area contributed by atoms with Gasteiger partial charge in [0.05, 0.1) is 0 Å². The zero-order valence-corrected chi connectivity index (χ0v) is 17.6. The maximum atomic E-state index is 6.55. The summed E-state index contributed by atoms with van der Waals surface area (Å²) >= 11 is 0. The maximum absolute atomic E-state index is 6.55. The molecule has 2 nitrogen and oxygen atoms in total. The smallest absolute Gasteiger partial charge is 0.398 e. The van der Waals surface area contributed by atoms with Gasteiger partial charge in [0, 0.05) is 6.61 Å². The lowest BCUT2D eigenvalue weighted by atomic mass is 10.0. The predicted molar refractivity (Wildman–Crippen MR) is 107 cm³/mol. The lowest BCUT2D eigenvalue weighted by Gasteiger charge is -2.31. The SMILES string of the molecule is CCCCCCCCO[Si](CC)(CC)Oc1ccccc1C(C)C. The summed E-state index contributed by atoms with van der Waals surface area (Å²) in [6.45, 7) is 12.0. The Balaban J connectivity index is 2.58. The Morgan fingerprint density at radius 2 is 1.50 bits per heavy atom. The fraction of sp³-hybridized carbons (Fsp3) is 0.714. The molecule has 1 aromatic rings. The van der Waals surface area contributed by atoms with E-state index >= 15 is 0 Å². The Labute approximate surface area is 151 Å². The van der Waals surface area contributed by atoms with Crippen molar-refractivity contribution >= 4 is 8.56 Å². The third-order valence-electron chi connectivity index (χ3n) is 4.78. The van der Waals surface area contributed by atoms with Gasteiger partial charge >= 0.3 is 8.56 Å². The molecular weight excluding hydrogens is 312 g/mol. The van der Waals surface area contributed by atoms with E-state index in [0.29, 0.717) is 5.92 Å². The molecule has 0 aliphatic rings. The highest BCUT2D eigenvalue weighted by molar-refractivity contribution is 6.68. The molecule has 0 fully saturated rings. The average Bonchev–Trinajstić information content (AvgIpc) is 2.60. The molecule has 3 heteroatoms. The quantitative estimate of drug-likeness (QED) is 0.280. The summed E-state index contributed by atoms with van der Waals surface area (Å²) in [5.74, 6) is 1.51. The van der Waals surface area contributed by atoms with Crippen LogP contribution in [0.3, 0.4) is 0 Å². The molecule has 0 atom stereocenters. The molecule has 0 amide bonds. The standard InChI is InChI=1S/C21H38O2Si/c1-6-9-10-11-12-15-18-22-24(7-2,8-3)23-21-17-14-13-16-20(21)19(4)5/h13-14,16-17,19H,6-12,15,18H2,1-5H3. The van der Waals surface area contributed by atoms with E-state index < -0.39 is 8.56 Å². The van der Waals surface area contributed by atoms with E-state index in [1.165, 1.54) is 37.7 Å². The van der Waals surface area contributed by atoms with Crippen molar-refractivity contribution in [1.29, 1.82) is 0 Å². The first-order valence-electron chi connectivity index (χ1n) is 10.0. The topological polar surface area (TPSA) is 18.5 Å². The summed E-state index contributed by atoms with van der Waals surface area (Å²) in [5, 5.41) is 0. The number of para-hydroxylation sites is 1. The Bertz CT molecular complexity index is 441. The van der Waals surface area contributed by atoms with Gasteiger partial charge in [-0.2, -0.15) is 0 Å². The van der Waals surface area contributed by atoms with Crippen LogP contribution in [0.1, 0.15) is 84.6 Å². The second kappa shape index (κ2) is 11.7. The van der Waals surface area contributed by atoms with Crippen molar-refractivity contribution in [1.82, 2.24) is 0 Å². The van der Waals surface area contributed by atoms with E-state index in [1.807, 2.05) is 0 Å². The van der Waals surface area contributed by atoms with Gasteiger partial charge in [0.25, 0.3) is 0 Å². The Morgan fingerprint density at radius 3 is 2.12 bits per heavy atom. The molecule has 0 aromatic heterocycles. The summed E-state index contributed by atoms with van der Waals surface area (Å²) in [7, 11) is -2.14. The van der Waals surface area contributed by atoms with Crippen molar-refractivity contribution in [3.8, 4) is 5.75 Å². The molecule has 0 unspecified atom stereocenters. The first-order valence-corrected chi connectivity index (χ1v) is 12.2. The molecule has 0 N–H and O–H groups in total. The van der Waals surface area contributed by atoms with Crippen LogP contribution in [0.5, 0.6) is 5.75 Å². The number of unbranched alkanes of at least 4 members (excludes halogenated alkanes) is 5. The van der Waals surface area contributed by atoms with Crippen molar-refractivity contribution < 1.29 is 8.85 Å². The molecule has 138 valence electrons. The molecule has 0 spiro atoms. The van der Waals surface area contributed by atoms with Crippen LogP contribution in [0.15, 0.2) is 24.3 Å². The Kier molecular flexibility index (Phi) is 10.4. The summed E-state index contributed by atoms with van der Waals surface area (Å²) in [6, 6.07) is 10.5. The lowest BCUT2D eigenvalue weighted by molar-refractivity contribution is 0.229. The van der Waals surface area contributed by atoms with E-state index in [9.17, 15) is 0 Å². The molecule has 24 heavy (non-hydrogen) atoms. The highest BCUT2D eigenvalue weighted by Gasteiger charge is 2.36. The van der Waals surface area contributed by atoms with Crippen molar-refractivity contribution in [2.75, 3.05) is 6.61 Å². The highest BCUT2D eigenvalue weighted by Crippen LogP contribution is 2.31. The fourth-order valence-corrected chi connectivity index (χ4v) is 5.38. The second-order valence-electron chi connectivity index (χ2n) is 7.03. The van der Waals surface area contributed by atoms with Crippen molar-refractivity contribution in [2.24, 2.45) is 0 Å². The Morgan fingerprint density at radius 1 is 0.875 bits per heavy atom. The predicted octanol–water partition coefficient (Wildman–Crippen LogP) is 7.05. The minimum absolute atomic E-state index is 0.472. The van der Waals surface area contributed by atoms with Gasteiger partial charge in [0.2, 0.25) is 0 Å². The monoisotopic (exact) mass is 350 g/mol. The molecule has 1 aromatic carbocycles. The highest BCUT2D eigenvalue weighted by atomic mass is 28.4. The molecule has 1 rings (SSSR count). The van der Waals surface area contributed by atoms with E-state index in [2.05, 4.69) is 58.9 Å². The van der Waals surface area contributed by atoms with E-state index in [1.54, 1.807) is 0 Å². The van der Waals surface area contributed by atoms with E-state index in [0.717, 1.165) is 30.9 Å². The van der Waals surface area contributed by atoms with Gasteiger partial charge < -0.3 is 8.85 Å². The fourth-order valence-electron chi connectivity index (χ4n) is 3.02. The summed E-state index contributed by atoms with van der Waals surface area (Å²) in [4.78, 5) is 0. The summed E-state index contributed by atoms with van der Waals surface area (Å²) in [6.07, 6.45) is 7.80. The van der Waals surface area contributed by atoms with Crippen LogP contribution < -0.4 is 4.43 Å². The molecule has 0 saturated carbocycles. The first kappa shape index (κ1) is 21.2. The number of hydrogen-bond acceptors (Lipinski definition) is 2. The molecule has 0 aliphatic carbocycles. The van der Waals surface area contributed by atoms with Gasteiger partial charge in [0.15, 0.2) is 0 Å². The number of rotatable bonds is 13. The lowest BCUT2D eigenvalue weighted by Crippen LogP contribution is -2.44. The molecular formula is C21H38O2Si. The number of benzene rings is 1. The summed E-state index contributed by atoms with van der Waals surface area (Å²) in [5.41, 5.74) is 1.29. The van der Waals surface area contributed by atoms with Gasteiger partial charge in [-0.15, -0.1) is 0 Å². The van der Waals surface area contributed by atoms with Crippen molar-refractivity contribution in [3.63, 3.8) is 0 Å². The van der Waals surface area contributed by atoms with E-state index in [-0.39, 0.29) is 0 Å². The molecule has 0 saturated heterocycles. The Hall–Kier alpha value is -0.803. The third-order valence-corrected chi connectivity index (χ3v) is 8.25. The van der Waals surface area contributed by atoms with Gasteiger partial charge in [0.1, 0.15) is 5.75 Å². The van der Waals surface area contributed by atoms with Gasteiger partial charge in [-0.25, -0.2) is 0 Å². The minimum Gasteiger partial charge on any atom is -0.520 e. The first-order chi connectivity index (χ1) is 11.6. The van der Waals surface area contributed by atoms with Crippen LogP contribution in [-0.2, 0) is 4.43 Å². The van der Waals surface area contributed by atoms with Gasteiger partial charge in [-0.1, -0.05) is 84.9 Å². The van der Waals surface area contributed by atoms with Gasteiger partial charge in [-0.3, -0.25) is 0 Å². The minimum atomic E-state index is -2.14. The third kappa shape index (κ3) is 6.98. The largest absolute Gasteiger partial charge is 0.520 e. The van der Waals surface area contributed by atoms with Crippen LogP contribution in [0.4, 0.5) is 0 Å². The van der Waals surface area contributed by atoms with Crippen LogP contribution >= 0.6 is 0 Å². The van der Waals surface area contributed by atoms with Crippen molar-refractivity contribution in [3.05, 3.63) is 29.8 Å². The normalized spacial score (nSPS) is 11.9. The van der Waals surface area contributed by atoms with Crippen LogP contribution in [0, 0.1) is 0 Å². The zero-order chi connectivity index (χ0) is 17.8. The van der Waals surface area contributed by atoms with E-state index in [4.69, 9.17) is 8.85 Å². The van der Waals surface area contributed by atoms with Gasteiger partial charge in [-0.05, 0) is 36.1 Å². The van der Waals surface area contributed by atoms with Crippen LogP contribution in [-0.4, -0.2) is 15.2 Å². The molecule has 0 radical (unpaired) electrons. The average molecular weight is 351 g/mol.